The van der Waals surface area contributed by atoms with E-state index in [1.807, 2.05) is 12.1 Å². The van der Waals surface area contributed by atoms with Crippen LogP contribution in [-0.4, -0.2) is 26.0 Å². The van der Waals surface area contributed by atoms with Gasteiger partial charge in [0.2, 0.25) is 6.79 Å². The highest BCUT2D eigenvalue weighted by atomic mass is 16.7. The summed E-state index contributed by atoms with van der Waals surface area (Å²) in [5.74, 6) is 2.10. The molecule has 0 radical (unpaired) electrons. The number of amides is 2. The number of ether oxygens (including phenoxy) is 3. The second-order valence-corrected chi connectivity index (χ2v) is 7.07. The van der Waals surface area contributed by atoms with E-state index in [0.717, 1.165) is 5.75 Å². The first-order valence-corrected chi connectivity index (χ1v) is 8.60. The van der Waals surface area contributed by atoms with Gasteiger partial charge in [-0.25, -0.2) is 4.79 Å². The molecule has 2 aromatic rings. The zero-order valence-corrected chi connectivity index (χ0v) is 15.3. The Bertz CT molecular complexity index is 766. The molecule has 0 atom stereocenters. The Morgan fingerprint density at radius 3 is 2.54 bits per heavy atom. The Morgan fingerprint density at radius 2 is 1.81 bits per heavy atom. The third kappa shape index (κ3) is 4.59. The summed E-state index contributed by atoms with van der Waals surface area (Å²) in [6, 6.07) is 13.0. The Balaban J connectivity index is 1.40. The van der Waals surface area contributed by atoms with E-state index >= 15 is 0 Å². The maximum atomic E-state index is 11.9. The molecule has 0 unspecified atom stereocenters. The zero-order valence-electron chi connectivity index (χ0n) is 15.3. The molecule has 1 aliphatic heterocycles. The van der Waals surface area contributed by atoms with E-state index in [1.165, 1.54) is 5.56 Å². The summed E-state index contributed by atoms with van der Waals surface area (Å²) < 4.78 is 16.2. The van der Waals surface area contributed by atoms with Crippen molar-refractivity contribution in [2.24, 2.45) is 0 Å². The summed E-state index contributed by atoms with van der Waals surface area (Å²) in [6.07, 6.45) is 0. The smallest absolute Gasteiger partial charge is 0.319 e. The molecular formula is C20H24N2O4. The monoisotopic (exact) mass is 356 g/mol. The molecule has 0 spiro atoms. The minimum Gasteiger partial charge on any atom is -0.492 e. The summed E-state index contributed by atoms with van der Waals surface area (Å²) >= 11 is 0. The molecule has 2 amide bonds. The number of nitrogens with one attached hydrogen (secondary N) is 2. The zero-order chi connectivity index (χ0) is 18.6. The minimum absolute atomic E-state index is 0.118. The average molecular weight is 356 g/mol. The lowest BCUT2D eigenvalue weighted by atomic mass is 9.87. The Labute approximate surface area is 153 Å². The highest BCUT2D eigenvalue weighted by molar-refractivity contribution is 5.89. The van der Waals surface area contributed by atoms with Crippen LogP contribution in [0.4, 0.5) is 10.5 Å². The normalized spacial score (nSPS) is 12.6. The molecule has 1 aliphatic rings. The van der Waals surface area contributed by atoms with Crippen molar-refractivity contribution < 1.29 is 19.0 Å². The summed E-state index contributed by atoms with van der Waals surface area (Å²) in [6.45, 7) is 7.52. The molecule has 26 heavy (non-hydrogen) atoms. The van der Waals surface area contributed by atoms with Crippen molar-refractivity contribution in [1.29, 1.82) is 0 Å². The largest absolute Gasteiger partial charge is 0.492 e. The molecular weight excluding hydrogens is 332 g/mol. The third-order valence-electron chi connectivity index (χ3n) is 4.01. The molecule has 0 saturated carbocycles. The summed E-state index contributed by atoms with van der Waals surface area (Å²) in [4.78, 5) is 11.9. The van der Waals surface area contributed by atoms with Gasteiger partial charge in [-0.2, -0.15) is 0 Å². The number of hydrogen-bond donors (Lipinski definition) is 2. The summed E-state index contributed by atoms with van der Waals surface area (Å²) in [5, 5.41) is 5.51. The number of urea groups is 1. The second kappa shape index (κ2) is 7.56. The molecule has 6 nitrogen and oxygen atoms in total. The van der Waals surface area contributed by atoms with E-state index < -0.39 is 0 Å². The first-order valence-electron chi connectivity index (χ1n) is 8.60. The number of anilines is 1. The molecule has 6 heteroatoms. The summed E-state index contributed by atoms with van der Waals surface area (Å²) in [7, 11) is 0. The van der Waals surface area contributed by atoms with E-state index in [-0.39, 0.29) is 18.2 Å². The molecule has 2 N–H and O–H groups in total. The lowest BCUT2D eigenvalue weighted by molar-refractivity contribution is 0.174. The van der Waals surface area contributed by atoms with Crippen molar-refractivity contribution in [3.8, 4) is 17.2 Å². The van der Waals surface area contributed by atoms with Crippen LogP contribution in [0.1, 0.15) is 26.3 Å². The van der Waals surface area contributed by atoms with Crippen molar-refractivity contribution in [3.05, 3.63) is 48.0 Å². The highest BCUT2D eigenvalue weighted by Gasteiger charge is 2.14. The van der Waals surface area contributed by atoms with E-state index in [4.69, 9.17) is 14.2 Å². The van der Waals surface area contributed by atoms with Crippen molar-refractivity contribution in [1.82, 2.24) is 5.32 Å². The molecule has 0 bridgehead atoms. The van der Waals surface area contributed by atoms with Crippen LogP contribution in [0.25, 0.3) is 0 Å². The van der Waals surface area contributed by atoms with Gasteiger partial charge in [-0.1, -0.05) is 32.9 Å². The van der Waals surface area contributed by atoms with Gasteiger partial charge >= 0.3 is 6.03 Å². The molecule has 2 aromatic carbocycles. The SMILES string of the molecule is CC(C)(C)c1ccc(OCCNC(=O)Nc2ccc3c(c2)OCO3)cc1. The highest BCUT2D eigenvalue weighted by Crippen LogP contribution is 2.34. The van der Waals surface area contributed by atoms with Gasteiger partial charge in [0.25, 0.3) is 0 Å². The maximum absolute atomic E-state index is 11.9. The van der Waals surface area contributed by atoms with Gasteiger partial charge in [-0.15, -0.1) is 0 Å². The predicted octanol–water partition coefficient (Wildman–Crippen LogP) is 3.91. The van der Waals surface area contributed by atoms with E-state index in [1.54, 1.807) is 18.2 Å². The molecule has 138 valence electrons. The van der Waals surface area contributed by atoms with Gasteiger partial charge in [0, 0.05) is 11.8 Å². The topological polar surface area (TPSA) is 68.8 Å². The molecule has 0 fully saturated rings. The van der Waals surface area contributed by atoms with E-state index in [0.29, 0.717) is 30.3 Å². The van der Waals surface area contributed by atoms with Gasteiger partial charge < -0.3 is 24.8 Å². The first kappa shape index (κ1) is 17.9. The van der Waals surface area contributed by atoms with Crippen molar-refractivity contribution in [2.45, 2.75) is 26.2 Å². The van der Waals surface area contributed by atoms with Gasteiger partial charge in [0.15, 0.2) is 11.5 Å². The van der Waals surface area contributed by atoms with Gasteiger partial charge in [0.1, 0.15) is 12.4 Å². The van der Waals surface area contributed by atoms with Crippen molar-refractivity contribution in [3.63, 3.8) is 0 Å². The fourth-order valence-corrected chi connectivity index (χ4v) is 2.53. The Morgan fingerprint density at radius 1 is 1.08 bits per heavy atom. The number of hydrogen-bond acceptors (Lipinski definition) is 4. The number of carbonyl (C=O) groups excluding carboxylic acids is 1. The van der Waals surface area contributed by atoms with Crippen LogP contribution in [0.2, 0.25) is 0 Å². The van der Waals surface area contributed by atoms with Crippen LogP contribution in [-0.2, 0) is 5.41 Å². The number of benzene rings is 2. The third-order valence-corrected chi connectivity index (χ3v) is 4.01. The Kier molecular flexibility index (Phi) is 5.21. The van der Waals surface area contributed by atoms with Gasteiger partial charge in [-0.3, -0.25) is 0 Å². The maximum Gasteiger partial charge on any atom is 0.319 e. The predicted molar refractivity (Wildman–Crippen MR) is 100 cm³/mol. The number of fused-ring (bicyclic) bond motifs is 1. The Hall–Kier alpha value is -2.89. The van der Waals surface area contributed by atoms with Crippen molar-refractivity contribution >= 4 is 11.7 Å². The van der Waals surface area contributed by atoms with E-state index in [2.05, 4.69) is 43.5 Å². The average Bonchev–Trinajstić information content (AvgIpc) is 3.06. The van der Waals surface area contributed by atoms with Crippen LogP contribution in [0.15, 0.2) is 42.5 Å². The fourth-order valence-electron chi connectivity index (χ4n) is 2.53. The first-order chi connectivity index (χ1) is 12.4. The second-order valence-electron chi connectivity index (χ2n) is 7.07. The molecule has 0 aromatic heterocycles. The fraction of sp³-hybridized carbons (Fsp3) is 0.350. The molecule has 0 saturated heterocycles. The molecule has 3 rings (SSSR count). The molecule has 1 heterocycles. The summed E-state index contributed by atoms with van der Waals surface area (Å²) in [5.41, 5.74) is 2.02. The number of carbonyl (C=O) groups is 1. The molecule has 0 aliphatic carbocycles. The van der Waals surface area contributed by atoms with Gasteiger partial charge in [0.05, 0.1) is 6.54 Å². The van der Waals surface area contributed by atoms with Crippen LogP contribution < -0.4 is 24.8 Å². The minimum atomic E-state index is -0.296. The standard InChI is InChI=1S/C20H24N2O4/c1-20(2,3)14-4-7-16(8-5-14)24-11-10-21-19(23)22-15-6-9-17-18(12-15)26-13-25-17/h4-9,12H,10-11,13H2,1-3H3,(H2,21,22,23). The lowest BCUT2D eigenvalue weighted by Crippen LogP contribution is -2.32. The van der Waals surface area contributed by atoms with Crippen LogP contribution in [0.3, 0.4) is 0 Å². The van der Waals surface area contributed by atoms with Gasteiger partial charge in [-0.05, 0) is 35.2 Å². The lowest BCUT2D eigenvalue weighted by Gasteiger charge is -2.19. The van der Waals surface area contributed by atoms with Crippen molar-refractivity contribution in [2.75, 3.05) is 25.3 Å². The number of rotatable bonds is 5. The van der Waals surface area contributed by atoms with Crippen LogP contribution >= 0.6 is 0 Å². The van der Waals surface area contributed by atoms with Crippen LogP contribution in [0, 0.1) is 0 Å². The van der Waals surface area contributed by atoms with Crippen LogP contribution in [0.5, 0.6) is 17.2 Å². The quantitative estimate of drug-likeness (QED) is 0.797. The van der Waals surface area contributed by atoms with E-state index in [9.17, 15) is 4.79 Å².